The molecule has 59 heavy (non-hydrogen) atoms. The number of piperidine rings is 1. The van der Waals surface area contributed by atoms with Crippen LogP contribution >= 0.6 is 0 Å². The second-order valence-corrected chi connectivity index (χ2v) is 17.2. The Morgan fingerprint density at radius 3 is 2.24 bits per heavy atom. The number of methoxy groups -OCH3 is 2. The standard InChI is InChI=1S/C44H70N6O9/c1-10-27(4)38(48(7)43(55)37(26(2)3)47-42(54)39-30-18-19-31(24-30)50(39)35(51)20-21-45-6)34(58-8)25-36(52)49-22-14-17-33(49)40(59-9)28(5)41(53)46-32(44(56)57)23-29-15-12-11-13-16-29/h11-13,15-16,26-28,30-34,37-40,45H,10,14,17-25H2,1-9H3,(H,46,53)(H,47,54)(H,56,57)/t27-,28+,30-,31+,32-,33-,34+,37-,38-,39-,40+/m0/s1. The van der Waals surface area contributed by atoms with Gasteiger partial charge in [-0.1, -0.05) is 71.4 Å². The molecule has 0 spiro atoms. The molecule has 0 unspecified atom stereocenters. The Labute approximate surface area is 350 Å². The van der Waals surface area contributed by atoms with Crippen LogP contribution in [0.5, 0.6) is 0 Å². The number of nitrogens with zero attached hydrogens (tertiary/aromatic N) is 3. The van der Waals surface area contributed by atoms with E-state index in [1.807, 2.05) is 58.0 Å². The Balaban J connectivity index is 1.47. The lowest BCUT2D eigenvalue weighted by Crippen LogP contribution is -2.60. The maximum Gasteiger partial charge on any atom is 0.326 e. The largest absolute Gasteiger partial charge is 0.480 e. The molecule has 1 aromatic carbocycles. The molecule has 3 aliphatic rings. The fourth-order valence-corrected chi connectivity index (χ4v) is 9.68. The number of hydrogen-bond donors (Lipinski definition) is 4. The normalized spacial score (nSPS) is 23.6. The van der Waals surface area contributed by atoms with Gasteiger partial charge in [-0.2, -0.15) is 0 Å². The van der Waals surface area contributed by atoms with Gasteiger partial charge in [0.05, 0.1) is 36.6 Å². The van der Waals surface area contributed by atoms with E-state index in [4.69, 9.17) is 9.47 Å². The van der Waals surface area contributed by atoms with Gasteiger partial charge in [0.2, 0.25) is 29.5 Å². The van der Waals surface area contributed by atoms with Gasteiger partial charge in [-0.25, -0.2) is 4.79 Å². The van der Waals surface area contributed by atoms with E-state index in [-0.39, 0.29) is 60.3 Å². The molecule has 3 fully saturated rings. The lowest BCUT2D eigenvalue weighted by atomic mass is 9.89. The molecule has 2 heterocycles. The molecular formula is C44H70N6O9. The number of aliphatic carboxylic acids is 1. The van der Waals surface area contributed by atoms with Gasteiger partial charge in [-0.3, -0.25) is 24.0 Å². The van der Waals surface area contributed by atoms with Crippen molar-refractivity contribution < 1.29 is 43.3 Å². The molecule has 2 bridgehead atoms. The number of likely N-dealkylation sites (tertiary alicyclic amines) is 2. The monoisotopic (exact) mass is 827 g/mol. The van der Waals surface area contributed by atoms with E-state index in [9.17, 15) is 33.9 Å². The van der Waals surface area contributed by atoms with Crippen LogP contribution in [0.1, 0.15) is 91.5 Å². The molecule has 0 radical (unpaired) electrons. The summed E-state index contributed by atoms with van der Waals surface area (Å²) in [5.74, 6) is -3.55. The third-order valence-electron chi connectivity index (χ3n) is 13.1. The first-order valence-electron chi connectivity index (χ1n) is 21.5. The SMILES string of the molecule is CC[C@H](C)[C@@H]([C@@H](CC(=O)N1CCC[C@H]1[C@H](OC)[C@@H](C)C(=O)N[C@@H](Cc1ccccc1)C(=O)O)OC)N(C)C(=O)[C@@H](NC(=O)[C@@H]1[C@H]2CC[C@H](C2)N1C(=O)CCNC)C(C)C. The molecule has 2 saturated heterocycles. The van der Waals surface area contributed by atoms with Crippen LogP contribution in [-0.2, 0) is 44.7 Å². The quantitative estimate of drug-likeness (QED) is 0.136. The lowest BCUT2D eigenvalue weighted by Gasteiger charge is -2.41. The molecule has 0 aromatic heterocycles. The zero-order valence-electron chi connectivity index (χ0n) is 36.6. The van der Waals surface area contributed by atoms with Crippen molar-refractivity contribution >= 4 is 35.5 Å². The van der Waals surface area contributed by atoms with Crippen LogP contribution in [0.4, 0.5) is 0 Å². The third kappa shape index (κ3) is 11.4. The van der Waals surface area contributed by atoms with Crippen LogP contribution in [0.25, 0.3) is 0 Å². The average Bonchev–Trinajstić information content (AvgIpc) is 3.99. The number of benzene rings is 1. The van der Waals surface area contributed by atoms with E-state index in [1.165, 1.54) is 14.2 Å². The fraction of sp³-hybridized carbons (Fsp3) is 0.727. The molecule has 1 aliphatic carbocycles. The minimum absolute atomic E-state index is 0.0368. The first-order valence-corrected chi connectivity index (χ1v) is 21.5. The summed E-state index contributed by atoms with van der Waals surface area (Å²) in [6.07, 6.45) is 3.49. The van der Waals surface area contributed by atoms with Crippen LogP contribution in [0.2, 0.25) is 0 Å². The second kappa shape index (κ2) is 22.0. The highest BCUT2D eigenvalue weighted by molar-refractivity contribution is 5.93. The zero-order valence-corrected chi connectivity index (χ0v) is 36.6. The van der Waals surface area contributed by atoms with Crippen LogP contribution < -0.4 is 16.0 Å². The number of ether oxygens (including phenoxy) is 2. The number of rotatable bonds is 22. The van der Waals surface area contributed by atoms with Gasteiger partial charge in [-0.05, 0) is 62.5 Å². The molecule has 5 amide bonds. The van der Waals surface area contributed by atoms with Gasteiger partial charge in [0.1, 0.15) is 18.1 Å². The summed E-state index contributed by atoms with van der Waals surface area (Å²) >= 11 is 0. The van der Waals surface area contributed by atoms with Gasteiger partial charge in [0, 0.05) is 53.2 Å². The number of carboxylic acid groups (broad SMARTS) is 1. The molecule has 330 valence electrons. The van der Waals surface area contributed by atoms with Crippen LogP contribution in [0, 0.1) is 23.7 Å². The van der Waals surface area contributed by atoms with Gasteiger partial charge < -0.3 is 45.2 Å². The molecule has 15 nitrogen and oxygen atoms in total. The number of carboxylic acids is 1. The number of carbonyl (C=O) groups excluding carboxylic acids is 5. The minimum Gasteiger partial charge on any atom is -0.480 e. The number of carbonyl (C=O) groups is 6. The number of likely N-dealkylation sites (N-methyl/N-ethyl adjacent to an activating group) is 1. The third-order valence-corrected chi connectivity index (χ3v) is 13.1. The Bertz CT molecular complexity index is 1600. The summed E-state index contributed by atoms with van der Waals surface area (Å²) in [5.41, 5.74) is 0.778. The van der Waals surface area contributed by atoms with E-state index in [2.05, 4.69) is 16.0 Å². The Kier molecular flexibility index (Phi) is 17.7. The molecule has 15 heteroatoms. The maximum absolute atomic E-state index is 14.5. The molecule has 4 rings (SSSR count). The average molecular weight is 827 g/mol. The first-order chi connectivity index (χ1) is 28.1. The van der Waals surface area contributed by atoms with Crippen molar-refractivity contribution in [1.82, 2.24) is 30.7 Å². The highest BCUT2D eigenvalue weighted by Crippen LogP contribution is 2.43. The van der Waals surface area contributed by atoms with E-state index in [1.54, 1.807) is 35.7 Å². The lowest BCUT2D eigenvalue weighted by molar-refractivity contribution is -0.149. The van der Waals surface area contributed by atoms with Crippen molar-refractivity contribution in [2.24, 2.45) is 23.7 Å². The fourth-order valence-electron chi connectivity index (χ4n) is 9.68. The van der Waals surface area contributed by atoms with Crippen molar-refractivity contribution in [3.05, 3.63) is 35.9 Å². The molecule has 1 saturated carbocycles. The second-order valence-electron chi connectivity index (χ2n) is 17.2. The van der Waals surface area contributed by atoms with E-state index < -0.39 is 60.2 Å². The van der Waals surface area contributed by atoms with Crippen molar-refractivity contribution in [3.8, 4) is 0 Å². The summed E-state index contributed by atoms with van der Waals surface area (Å²) in [4.78, 5) is 86.9. The van der Waals surface area contributed by atoms with Gasteiger partial charge in [0.15, 0.2) is 0 Å². The van der Waals surface area contributed by atoms with E-state index in [0.29, 0.717) is 38.8 Å². The van der Waals surface area contributed by atoms with Crippen molar-refractivity contribution in [2.45, 2.75) is 141 Å². The van der Waals surface area contributed by atoms with Gasteiger partial charge in [-0.15, -0.1) is 0 Å². The number of hydrogen-bond acceptors (Lipinski definition) is 9. The Morgan fingerprint density at radius 2 is 1.64 bits per heavy atom. The molecule has 1 aromatic rings. The van der Waals surface area contributed by atoms with E-state index in [0.717, 1.165) is 24.8 Å². The zero-order chi connectivity index (χ0) is 43.6. The molecule has 11 atom stereocenters. The summed E-state index contributed by atoms with van der Waals surface area (Å²) < 4.78 is 11.9. The van der Waals surface area contributed by atoms with Crippen LogP contribution in [0.15, 0.2) is 30.3 Å². The minimum atomic E-state index is -1.15. The summed E-state index contributed by atoms with van der Waals surface area (Å²) in [5, 5.41) is 18.7. The smallest absolute Gasteiger partial charge is 0.326 e. The first kappa shape index (κ1) is 47.6. The predicted molar refractivity (Wildman–Crippen MR) is 223 cm³/mol. The molecule has 2 aliphatic heterocycles. The van der Waals surface area contributed by atoms with Crippen molar-refractivity contribution in [1.29, 1.82) is 0 Å². The van der Waals surface area contributed by atoms with Crippen LogP contribution in [0.3, 0.4) is 0 Å². The van der Waals surface area contributed by atoms with Crippen molar-refractivity contribution in [2.75, 3.05) is 41.4 Å². The van der Waals surface area contributed by atoms with E-state index >= 15 is 0 Å². The van der Waals surface area contributed by atoms with Gasteiger partial charge in [0.25, 0.3) is 0 Å². The number of fused-ring (bicyclic) bond motifs is 2. The van der Waals surface area contributed by atoms with Gasteiger partial charge >= 0.3 is 5.97 Å². The molecular weight excluding hydrogens is 757 g/mol. The maximum atomic E-state index is 14.5. The Morgan fingerprint density at radius 1 is 0.949 bits per heavy atom. The summed E-state index contributed by atoms with van der Waals surface area (Å²) in [6, 6.07) is 5.53. The van der Waals surface area contributed by atoms with Crippen molar-refractivity contribution in [3.63, 3.8) is 0 Å². The predicted octanol–water partition coefficient (Wildman–Crippen LogP) is 2.85. The molecule has 4 N–H and O–H groups in total. The number of nitrogens with one attached hydrogen (secondary N) is 3. The summed E-state index contributed by atoms with van der Waals surface area (Å²) in [6.45, 7) is 10.4. The summed E-state index contributed by atoms with van der Waals surface area (Å²) in [7, 11) is 6.51. The topological polar surface area (TPSA) is 187 Å². The highest BCUT2D eigenvalue weighted by atomic mass is 16.5. The Hall–Kier alpha value is -4.08. The number of amides is 5. The highest BCUT2D eigenvalue weighted by Gasteiger charge is 2.52. The van der Waals surface area contributed by atoms with Crippen LogP contribution in [-0.4, -0.2) is 145 Å².